The van der Waals surface area contributed by atoms with E-state index >= 15 is 0 Å². The van der Waals surface area contributed by atoms with Gasteiger partial charge in [-0.25, -0.2) is 4.79 Å². The van der Waals surface area contributed by atoms with E-state index in [1.807, 2.05) is 28.0 Å². The van der Waals surface area contributed by atoms with Crippen molar-refractivity contribution in [3.63, 3.8) is 0 Å². The number of carboxylic acid groups (broad SMARTS) is 1. The number of nitrogens with one attached hydrogen (secondary N) is 1. The van der Waals surface area contributed by atoms with Crippen molar-refractivity contribution in [2.24, 2.45) is 11.7 Å². The zero-order valence-electron chi connectivity index (χ0n) is 18.4. The number of fused-ring (bicyclic) bond motifs is 5. The van der Waals surface area contributed by atoms with Crippen molar-refractivity contribution in [1.29, 1.82) is 0 Å². The van der Waals surface area contributed by atoms with Crippen molar-refractivity contribution in [2.45, 2.75) is 31.2 Å². The number of amides is 1. The van der Waals surface area contributed by atoms with Gasteiger partial charge in [-0.3, -0.25) is 9.59 Å². The van der Waals surface area contributed by atoms with Gasteiger partial charge in [0, 0.05) is 43.1 Å². The number of carbonyl (C=O) groups is 3. The molecule has 2 fully saturated rings. The molecule has 0 saturated carbocycles. The molecule has 2 saturated heterocycles. The number of methoxy groups -OCH3 is 1. The number of aliphatic hydroxyl groups excluding tert-OH is 1. The molecular weight excluding hydrogens is 428 g/mol. The third-order valence-electron chi connectivity index (χ3n) is 7.34. The van der Waals surface area contributed by atoms with Crippen molar-refractivity contribution >= 4 is 23.3 Å². The van der Waals surface area contributed by atoms with Crippen molar-refractivity contribution < 1.29 is 29.3 Å². The maximum absolute atomic E-state index is 13.8. The van der Waals surface area contributed by atoms with E-state index in [4.69, 9.17) is 14.6 Å². The summed E-state index contributed by atoms with van der Waals surface area (Å²) >= 11 is 0. The minimum absolute atomic E-state index is 0.0205. The van der Waals surface area contributed by atoms with E-state index in [1.54, 1.807) is 14.0 Å². The highest BCUT2D eigenvalue weighted by Gasteiger charge is 2.72. The molecule has 10 heteroatoms. The molecule has 33 heavy (non-hydrogen) atoms. The first-order valence-electron chi connectivity index (χ1n) is 10.9. The summed E-state index contributed by atoms with van der Waals surface area (Å²) in [7, 11) is 1.60. The van der Waals surface area contributed by atoms with Crippen LogP contribution in [0.3, 0.4) is 0 Å². The van der Waals surface area contributed by atoms with Crippen LogP contribution in [0.25, 0.3) is 0 Å². The van der Waals surface area contributed by atoms with Gasteiger partial charge in [0.05, 0.1) is 30.0 Å². The number of carbonyl (C=O) groups excluding carboxylic acids is 2. The Morgan fingerprint density at radius 3 is 2.64 bits per heavy atom. The minimum atomic E-state index is -1.33. The van der Waals surface area contributed by atoms with E-state index in [0.717, 1.165) is 12.1 Å². The molecule has 4 unspecified atom stereocenters. The molecule has 10 nitrogen and oxygen atoms in total. The van der Waals surface area contributed by atoms with Gasteiger partial charge in [-0.2, -0.15) is 0 Å². The molecule has 5 N–H and O–H groups in total. The number of para-hydroxylation sites is 1. The highest BCUT2D eigenvalue weighted by Crippen LogP contribution is 2.56. The Kier molecular flexibility index (Phi) is 4.85. The second kappa shape index (κ2) is 7.41. The fourth-order valence-electron chi connectivity index (χ4n) is 6.03. The number of rotatable bonds is 3. The summed E-state index contributed by atoms with van der Waals surface area (Å²) < 4.78 is 5.95. The summed E-state index contributed by atoms with van der Waals surface area (Å²) in [5.41, 5.74) is 7.09. The quantitative estimate of drug-likeness (QED) is 0.364. The number of anilines is 1. The first-order valence-corrected chi connectivity index (χ1v) is 10.9. The Bertz CT molecular complexity index is 1140. The van der Waals surface area contributed by atoms with Gasteiger partial charge in [-0.15, -0.1) is 0 Å². The lowest BCUT2D eigenvalue weighted by Gasteiger charge is -2.39. The normalized spacial score (nSPS) is 31.2. The highest BCUT2D eigenvalue weighted by molar-refractivity contribution is 6.27. The summed E-state index contributed by atoms with van der Waals surface area (Å²) in [5, 5.41) is 20.9. The largest absolute Gasteiger partial charge is 0.465 e. The Morgan fingerprint density at radius 1 is 1.27 bits per heavy atom. The number of primary amides is 1. The van der Waals surface area contributed by atoms with Crippen molar-refractivity contribution in [3.05, 3.63) is 52.4 Å². The number of hydrogen-bond donors (Lipinski definition) is 4. The fourth-order valence-corrected chi connectivity index (χ4v) is 6.03. The van der Waals surface area contributed by atoms with Crippen LogP contribution in [0.5, 0.6) is 0 Å². The average molecular weight is 454 g/mol. The molecule has 0 spiro atoms. The molecule has 1 aromatic carbocycles. The van der Waals surface area contributed by atoms with Crippen molar-refractivity contribution in [1.82, 2.24) is 10.2 Å². The molecule has 1 aromatic rings. The van der Waals surface area contributed by atoms with E-state index in [9.17, 15) is 14.7 Å². The Morgan fingerprint density at radius 2 is 1.97 bits per heavy atom. The predicted molar refractivity (Wildman–Crippen MR) is 117 cm³/mol. The van der Waals surface area contributed by atoms with Gasteiger partial charge in [-0.1, -0.05) is 18.2 Å². The number of aliphatic hydroxyl groups is 1. The first kappa shape index (κ1) is 21.6. The number of hydrogen-bond acceptors (Lipinski definition) is 8. The molecule has 6 rings (SSSR count). The number of ketones is 2. The zero-order valence-corrected chi connectivity index (χ0v) is 18.4. The summed E-state index contributed by atoms with van der Waals surface area (Å²) in [5.74, 6) is -0.835. The molecule has 1 aliphatic carbocycles. The SMILES string of the molecule is COC12C(CO)C3=C(C(=O)C(C)=C(N4CCc5ccccc54)C3=O)N1CC1NC12.NC(=O)O. The standard InChI is InChI=1S/C22H23N3O4.CH3NO2/c1-11-17(24-8-7-12-5-3-4-6-15(12)24)20(28)16-13(10-26)22(29-2)21-14(23-21)9-25(22)18(16)19(11)27;2-1(3)4/h3-6,13-14,21,23,26H,7-10H2,1-2H3;2H2,(H,3,4). The van der Waals surface area contributed by atoms with E-state index in [0.29, 0.717) is 35.6 Å². The molecule has 174 valence electrons. The Balaban J connectivity index is 0.000000531. The van der Waals surface area contributed by atoms with E-state index in [2.05, 4.69) is 17.1 Å². The number of nitrogens with two attached hydrogens (primary N) is 1. The van der Waals surface area contributed by atoms with Gasteiger partial charge >= 0.3 is 6.09 Å². The number of benzene rings is 1. The van der Waals surface area contributed by atoms with Crippen LogP contribution in [0, 0.1) is 5.92 Å². The van der Waals surface area contributed by atoms with Crippen LogP contribution in [0.2, 0.25) is 0 Å². The van der Waals surface area contributed by atoms with Crippen LogP contribution in [0.4, 0.5) is 10.5 Å². The molecule has 1 amide bonds. The lowest BCUT2D eigenvalue weighted by Crippen LogP contribution is -2.54. The van der Waals surface area contributed by atoms with E-state index in [-0.39, 0.29) is 30.3 Å². The van der Waals surface area contributed by atoms with Crippen LogP contribution in [0.15, 0.2) is 46.8 Å². The molecule has 4 aliphatic heterocycles. The summed E-state index contributed by atoms with van der Waals surface area (Å²) in [6, 6.07) is 8.26. The van der Waals surface area contributed by atoms with Crippen LogP contribution >= 0.6 is 0 Å². The van der Waals surface area contributed by atoms with Crippen LogP contribution < -0.4 is 16.0 Å². The molecule has 5 aliphatic rings. The maximum Gasteiger partial charge on any atom is 0.402 e. The third kappa shape index (κ3) is 2.81. The summed E-state index contributed by atoms with van der Waals surface area (Å²) in [6.45, 7) is 2.79. The minimum Gasteiger partial charge on any atom is -0.465 e. The van der Waals surface area contributed by atoms with Crippen molar-refractivity contribution in [3.8, 4) is 0 Å². The molecule has 0 aromatic heterocycles. The fraction of sp³-hybridized carbons (Fsp3) is 0.435. The summed E-state index contributed by atoms with van der Waals surface area (Å²) in [6.07, 6.45) is -0.494. The predicted octanol–water partition coefficient (Wildman–Crippen LogP) is -0.0271. The van der Waals surface area contributed by atoms with Gasteiger partial charge in [0.15, 0.2) is 5.72 Å². The van der Waals surface area contributed by atoms with Gasteiger partial charge < -0.3 is 35.8 Å². The lowest BCUT2D eigenvalue weighted by molar-refractivity contribution is -0.137. The molecular formula is C23H26N4O6. The average Bonchev–Trinajstić information content (AvgIpc) is 3.18. The van der Waals surface area contributed by atoms with Crippen LogP contribution in [-0.2, 0) is 20.7 Å². The number of nitrogens with zero attached hydrogens (tertiary/aromatic N) is 2. The lowest BCUT2D eigenvalue weighted by atomic mass is 9.82. The molecule has 4 heterocycles. The van der Waals surface area contributed by atoms with Gasteiger partial charge in [0.25, 0.3) is 0 Å². The molecule has 4 atom stereocenters. The third-order valence-corrected chi connectivity index (χ3v) is 7.34. The van der Waals surface area contributed by atoms with Gasteiger partial charge in [-0.05, 0) is 25.0 Å². The number of allylic oxidation sites excluding steroid dienone is 2. The second-order valence-corrected chi connectivity index (χ2v) is 8.82. The second-order valence-electron chi connectivity index (χ2n) is 8.82. The Labute approximate surface area is 190 Å². The molecule has 0 bridgehead atoms. The van der Waals surface area contributed by atoms with Gasteiger partial charge in [0.2, 0.25) is 11.6 Å². The molecule has 0 radical (unpaired) electrons. The Hall–Kier alpha value is -3.21. The first-order chi connectivity index (χ1) is 15.8. The van der Waals surface area contributed by atoms with Crippen LogP contribution in [-0.4, -0.2) is 77.4 Å². The summed E-state index contributed by atoms with van der Waals surface area (Å²) in [4.78, 5) is 40.0. The van der Waals surface area contributed by atoms with E-state index in [1.165, 1.54) is 5.56 Å². The van der Waals surface area contributed by atoms with Crippen LogP contribution in [0.1, 0.15) is 12.5 Å². The highest BCUT2D eigenvalue weighted by atomic mass is 16.5. The van der Waals surface area contributed by atoms with E-state index < -0.39 is 17.7 Å². The zero-order chi connectivity index (χ0) is 23.7. The number of ether oxygens (including phenoxy) is 1. The van der Waals surface area contributed by atoms with Crippen molar-refractivity contribution in [2.75, 3.05) is 31.7 Å². The number of Topliss-reactive ketones (excluding diaryl/α,β-unsaturated/α-hetero) is 2. The van der Waals surface area contributed by atoms with Gasteiger partial charge in [0.1, 0.15) is 0 Å². The number of piperazine rings is 1. The smallest absolute Gasteiger partial charge is 0.402 e. The monoisotopic (exact) mass is 454 g/mol. The topological polar surface area (TPSA) is 155 Å². The maximum atomic E-state index is 13.8.